The molecule has 7 nitrogen and oxygen atoms in total. The summed E-state index contributed by atoms with van der Waals surface area (Å²) < 4.78 is 38.6. The molecule has 0 atom stereocenters. The number of rotatable bonds is 8. The number of hydrogen-bond donors (Lipinski definition) is 2. The topological polar surface area (TPSA) is 93.7 Å². The van der Waals surface area contributed by atoms with Gasteiger partial charge < -0.3 is 14.8 Å². The lowest BCUT2D eigenvalue weighted by Crippen LogP contribution is -2.20. The van der Waals surface area contributed by atoms with Gasteiger partial charge in [0.05, 0.1) is 23.4 Å². The number of hydrogen-bond acceptors (Lipinski definition) is 5. The molecule has 8 heteroatoms. The predicted molar refractivity (Wildman–Crippen MR) is 120 cm³/mol. The number of methoxy groups -OCH3 is 1. The second kappa shape index (κ2) is 9.53. The number of carbonyl (C=O) groups is 1. The van der Waals surface area contributed by atoms with Gasteiger partial charge in [0, 0.05) is 0 Å². The van der Waals surface area contributed by atoms with Gasteiger partial charge in [-0.05, 0) is 67.4 Å². The van der Waals surface area contributed by atoms with Gasteiger partial charge in [-0.3, -0.25) is 9.52 Å². The van der Waals surface area contributed by atoms with E-state index in [4.69, 9.17) is 9.47 Å². The van der Waals surface area contributed by atoms with E-state index in [0.717, 1.165) is 11.1 Å². The van der Waals surface area contributed by atoms with Crippen LogP contribution in [0.2, 0.25) is 0 Å². The maximum absolute atomic E-state index is 12.7. The Labute approximate surface area is 182 Å². The summed E-state index contributed by atoms with van der Waals surface area (Å²) in [4.78, 5) is 12.2. The van der Waals surface area contributed by atoms with Crippen LogP contribution in [0.1, 0.15) is 11.1 Å². The van der Waals surface area contributed by atoms with Gasteiger partial charge >= 0.3 is 0 Å². The van der Waals surface area contributed by atoms with Gasteiger partial charge in [-0.1, -0.05) is 24.3 Å². The van der Waals surface area contributed by atoms with Crippen LogP contribution in [0.15, 0.2) is 71.6 Å². The molecule has 0 saturated heterocycles. The van der Waals surface area contributed by atoms with Crippen LogP contribution in [0.4, 0.5) is 11.4 Å². The van der Waals surface area contributed by atoms with Crippen LogP contribution in [-0.2, 0) is 14.8 Å². The third-order valence-corrected chi connectivity index (χ3v) is 5.90. The van der Waals surface area contributed by atoms with Crippen LogP contribution in [0.5, 0.6) is 11.5 Å². The fraction of sp³-hybridized carbons (Fsp3) is 0.174. The second-order valence-corrected chi connectivity index (χ2v) is 8.61. The Morgan fingerprint density at radius 3 is 2.35 bits per heavy atom. The van der Waals surface area contributed by atoms with Crippen molar-refractivity contribution in [3.63, 3.8) is 0 Å². The Morgan fingerprint density at radius 2 is 1.65 bits per heavy atom. The molecule has 162 valence electrons. The van der Waals surface area contributed by atoms with Crippen LogP contribution in [-0.4, -0.2) is 28.0 Å². The summed E-state index contributed by atoms with van der Waals surface area (Å²) in [5.74, 6) is 0.556. The predicted octanol–water partition coefficient (Wildman–Crippen LogP) is 4.13. The molecular formula is C23H24N2O5S. The zero-order valence-corrected chi connectivity index (χ0v) is 18.3. The molecule has 2 N–H and O–H groups in total. The highest BCUT2D eigenvalue weighted by Gasteiger charge is 2.16. The lowest BCUT2D eigenvalue weighted by molar-refractivity contribution is -0.118. The minimum absolute atomic E-state index is 0.0965. The van der Waals surface area contributed by atoms with Gasteiger partial charge in [0.2, 0.25) is 0 Å². The lowest BCUT2D eigenvalue weighted by Gasteiger charge is -2.12. The molecule has 0 unspecified atom stereocenters. The highest BCUT2D eigenvalue weighted by molar-refractivity contribution is 7.92. The Bertz CT molecular complexity index is 1170. The standard InChI is InChI=1S/C23H24N2O5S/c1-16-8-9-17(2)21(14-16)25-31(27,28)19-12-10-18(11-13-19)30-15-23(26)24-20-6-4-5-7-22(20)29-3/h4-14,25H,15H2,1-3H3,(H,24,26). The summed E-state index contributed by atoms with van der Waals surface area (Å²) >= 11 is 0. The van der Waals surface area contributed by atoms with Crippen LogP contribution < -0.4 is 19.5 Å². The van der Waals surface area contributed by atoms with Crippen molar-refractivity contribution in [2.75, 3.05) is 23.8 Å². The first-order valence-corrected chi connectivity index (χ1v) is 11.0. The summed E-state index contributed by atoms with van der Waals surface area (Å²) in [5, 5.41) is 2.71. The minimum Gasteiger partial charge on any atom is -0.495 e. The van der Waals surface area contributed by atoms with Crippen molar-refractivity contribution in [3.8, 4) is 11.5 Å². The SMILES string of the molecule is COc1ccccc1NC(=O)COc1ccc(S(=O)(=O)Nc2cc(C)ccc2C)cc1. The van der Waals surface area contributed by atoms with E-state index in [-0.39, 0.29) is 17.4 Å². The van der Waals surface area contributed by atoms with Gasteiger partial charge in [0.1, 0.15) is 11.5 Å². The van der Waals surface area contributed by atoms with E-state index in [1.54, 1.807) is 30.3 Å². The quantitative estimate of drug-likeness (QED) is 0.549. The Hall–Kier alpha value is -3.52. The van der Waals surface area contributed by atoms with E-state index in [0.29, 0.717) is 22.9 Å². The minimum atomic E-state index is -3.75. The summed E-state index contributed by atoms with van der Waals surface area (Å²) in [6, 6.07) is 18.5. The number of aryl methyl sites for hydroxylation is 2. The first-order chi connectivity index (χ1) is 14.8. The highest BCUT2D eigenvalue weighted by atomic mass is 32.2. The number of benzene rings is 3. The summed E-state index contributed by atoms with van der Waals surface area (Å²) in [7, 11) is -2.23. The molecule has 3 rings (SSSR count). The van der Waals surface area contributed by atoms with Gasteiger partial charge in [0.25, 0.3) is 15.9 Å². The molecular weight excluding hydrogens is 416 g/mol. The third-order valence-electron chi connectivity index (χ3n) is 4.52. The Morgan fingerprint density at radius 1 is 0.935 bits per heavy atom. The van der Waals surface area contributed by atoms with E-state index >= 15 is 0 Å². The van der Waals surface area contributed by atoms with E-state index in [1.807, 2.05) is 26.0 Å². The molecule has 31 heavy (non-hydrogen) atoms. The molecule has 0 radical (unpaired) electrons. The van der Waals surface area contributed by atoms with Crippen molar-refractivity contribution in [1.29, 1.82) is 0 Å². The zero-order valence-electron chi connectivity index (χ0n) is 17.5. The fourth-order valence-corrected chi connectivity index (χ4v) is 3.97. The molecule has 3 aromatic rings. The molecule has 0 aliphatic heterocycles. The van der Waals surface area contributed by atoms with Gasteiger partial charge in [0.15, 0.2) is 6.61 Å². The first kappa shape index (κ1) is 22.2. The molecule has 0 aromatic heterocycles. The van der Waals surface area contributed by atoms with Crippen molar-refractivity contribution in [2.24, 2.45) is 0 Å². The summed E-state index contributed by atoms with van der Waals surface area (Å²) in [6.45, 7) is 3.50. The monoisotopic (exact) mass is 440 g/mol. The van der Waals surface area contributed by atoms with Crippen LogP contribution in [0, 0.1) is 13.8 Å². The number of anilines is 2. The summed E-state index contributed by atoms with van der Waals surface area (Å²) in [6.07, 6.45) is 0. The van der Waals surface area contributed by atoms with E-state index in [2.05, 4.69) is 10.0 Å². The molecule has 0 bridgehead atoms. The maximum Gasteiger partial charge on any atom is 0.262 e. The number of para-hydroxylation sites is 2. The normalized spacial score (nSPS) is 10.9. The largest absolute Gasteiger partial charge is 0.495 e. The molecule has 0 heterocycles. The van der Waals surface area contributed by atoms with Crippen molar-refractivity contribution >= 4 is 27.3 Å². The number of nitrogens with one attached hydrogen (secondary N) is 2. The fourth-order valence-electron chi connectivity index (χ4n) is 2.85. The smallest absolute Gasteiger partial charge is 0.262 e. The van der Waals surface area contributed by atoms with E-state index in [9.17, 15) is 13.2 Å². The second-order valence-electron chi connectivity index (χ2n) is 6.93. The Balaban J connectivity index is 1.62. The van der Waals surface area contributed by atoms with Crippen LogP contribution >= 0.6 is 0 Å². The number of carbonyl (C=O) groups excluding carboxylic acids is 1. The first-order valence-electron chi connectivity index (χ1n) is 9.54. The highest BCUT2D eigenvalue weighted by Crippen LogP contribution is 2.24. The lowest BCUT2D eigenvalue weighted by atomic mass is 10.1. The van der Waals surface area contributed by atoms with Crippen molar-refractivity contribution < 1.29 is 22.7 Å². The average molecular weight is 441 g/mol. The molecule has 0 spiro atoms. The van der Waals surface area contributed by atoms with Crippen LogP contribution in [0.25, 0.3) is 0 Å². The van der Waals surface area contributed by atoms with Gasteiger partial charge in [-0.2, -0.15) is 0 Å². The number of amides is 1. The van der Waals surface area contributed by atoms with Crippen molar-refractivity contribution in [3.05, 3.63) is 77.9 Å². The average Bonchev–Trinajstić information content (AvgIpc) is 2.75. The molecule has 3 aromatic carbocycles. The van der Waals surface area contributed by atoms with E-state index in [1.165, 1.54) is 31.4 Å². The molecule has 1 amide bonds. The maximum atomic E-state index is 12.7. The van der Waals surface area contributed by atoms with E-state index < -0.39 is 10.0 Å². The molecule has 0 aliphatic carbocycles. The van der Waals surface area contributed by atoms with Gasteiger partial charge in [-0.25, -0.2) is 8.42 Å². The Kier molecular flexibility index (Phi) is 6.81. The summed E-state index contributed by atoms with van der Waals surface area (Å²) in [5.41, 5.74) is 2.86. The third kappa shape index (κ3) is 5.76. The zero-order chi connectivity index (χ0) is 22.4. The number of ether oxygens (including phenoxy) is 2. The van der Waals surface area contributed by atoms with Gasteiger partial charge in [-0.15, -0.1) is 0 Å². The van der Waals surface area contributed by atoms with Crippen molar-refractivity contribution in [2.45, 2.75) is 18.7 Å². The number of sulfonamides is 1. The molecule has 0 aliphatic rings. The molecule has 0 fully saturated rings. The van der Waals surface area contributed by atoms with Crippen LogP contribution in [0.3, 0.4) is 0 Å². The molecule has 0 saturated carbocycles. The van der Waals surface area contributed by atoms with Crippen molar-refractivity contribution in [1.82, 2.24) is 0 Å².